The number of nitrogens with zero attached hydrogens (tertiary/aromatic N) is 2. The Morgan fingerprint density at radius 2 is 2.06 bits per heavy atom. The lowest BCUT2D eigenvalue weighted by Crippen LogP contribution is -1.97. The normalized spacial score (nSPS) is 10.6. The summed E-state index contributed by atoms with van der Waals surface area (Å²) in [5.41, 5.74) is -0.398. The molecule has 0 fully saturated rings. The molecule has 0 atom stereocenters. The summed E-state index contributed by atoms with van der Waals surface area (Å²) in [6.45, 7) is 1.53. The summed E-state index contributed by atoms with van der Waals surface area (Å²) in [6, 6.07) is 1.08. The zero-order chi connectivity index (χ0) is 12.6. The molecule has 0 saturated carbocycles. The standard InChI is InChI=1S/C10H7BrF2N2O2/c1-4-14-15-10(17-4)7-6(12)3-5(11)9(16-2)8(7)13/h3H,1-2H3. The van der Waals surface area contributed by atoms with Gasteiger partial charge < -0.3 is 9.15 Å². The molecular weight excluding hydrogens is 298 g/mol. The first-order valence-electron chi connectivity index (χ1n) is 4.56. The van der Waals surface area contributed by atoms with Gasteiger partial charge in [-0.15, -0.1) is 10.2 Å². The summed E-state index contributed by atoms with van der Waals surface area (Å²) in [5.74, 6) is -1.80. The Morgan fingerprint density at radius 1 is 1.35 bits per heavy atom. The van der Waals surface area contributed by atoms with E-state index in [4.69, 9.17) is 9.15 Å². The van der Waals surface area contributed by atoms with Crippen LogP contribution in [0, 0.1) is 18.6 Å². The third kappa shape index (κ3) is 2.02. The minimum absolute atomic E-state index is 0.114. The molecule has 7 heteroatoms. The molecule has 1 heterocycles. The van der Waals surface area contributed by atoms with Crippen LogP contribution in [-0.2, 0) is 0 Å². The Bertz CT molecular complexity index is 572. The maximum absolute atomic E-state index is 14.0. The fourth-order valence-corrected chi connectivity index (χ4v) is 1.89. The number of aromatic nitrogens is 2. The number of hydrogen-bond donors (Lipinski definition) is 0. The van der Waals surface area contributed by atoms with Crippen LogP contribution in [0.15, 0.2) is 15.0 Å². The van der Waals surface area contributed by atoms with Crippen molar-refractivity contribution in [2.45, 2.75) is 6.92 Å². The van der Waals surface area contributed by atoms with Crippen LogP contribution in [0.4, 0.5) is 8.78 Å². The van der Waals surface area contributed by atoms with Crippen molar-refractivity contribution in [2.75, 3.05) is 7.11 Å². The van der Waals surface area contributed by atoms with Crippen molar-refractivity contribution in [3.8, 4) is 17.2 Å². The number of methoxy groups -OCH3 is 1. The predicted molar refractivity (Wildman–Crippen MR) is 58.6 cm³/mol. The van der Waals surface area contributed by atoms with E-state index in [1.54, 1.807) is 0 Å². The Hall–Kier alpha value is -1.50. The van der Waals surface area contributed by atoms with Crippen LogP contribution < -0.4 is 4.74 Å². The van der Waals surface area contributed by atoms with Gasteiger partial charge in [-0.1, -0.05) is 0 Å². The zero-order valence-electron chi connectivity index (χ0n) is 8.92. The van der Waals surface area contributed by atoms with E-state index in [-0.39, 0.29) is 22.0 Å². The van der Waals surface area contributed by atoms with Crippen molar-refractivity contribution in [1.82, 2.24) is 10.2 Å². The van der Waals surface area contributed by atoms with Gasteiger partial charge in [0.2, 0.25) is 5.89 Å². The molecule has 0 aliphatic rings. The van der Waals surface area contributed by atoms with Gasteiger partial charge in [-0.2, -0.15) is 0 Å². The number of hydrogen-bond acceptors (Lipinski definition) is 4. The lowest BCUT2D eigenvalue weighted by atomic mass is 10.2. The fraction of sp³-hybridized carbons (Fsp3) is 0.200. The SMILES string of the molecule is COc1c(Br)cc(F)c(-c2nnc(C)o2)c1F. The summed E-state index contributed by atoms with van der Waals surface area (Å²) in [6.07, 6.45) is 0. The Balaban J connectivity index is 2.69. The van der Waals surface area contributed by atoms with E-state index < -0.39 is 17.2 Å². The maximum Gasteiger partial charge on any atom is 0.253 e. The van der Waals surface area contributed by atoms with E-state index in [0.717, 1.165) is 6.07 Å². The van der Waals surface area contributed by atoms with Crippen LogP contribution in [0.3, 0.4) is 0 Å². The van der Waals surface area contributed by atoms with Crippen molar-refractivity contribution < 1.29 is 17.9 Å². The van der Waals surface area contributed by atoms with Crippen LogP contribution in [-0.4, -0.2) is 17.3 Å². The van der Waals surface area contributed by atoms with Crippen molar-refractivity contribution >= 4 is 15.9 Å². The first-order valence-corrected chi connectivity index (χ1v) is 5.36. The molecule has 0 saturated heterocycles. The molecule has 0 N–H and O–H groups in total. The molecule has 2 aromatic rings. The van der Waals surface area contributed by atoms with Gasteiger partial charge >= 0.3 is 0 Å². The molecule has 90 valence electrons. The number of aryl methyl sites for hydroxylation is 1. The van der Waals surface area contributed by atoms with Gasteiger partial charge in [0.25, 0.3) is 5.89 Å². The second-order valence-corrected chi connectivity index (χ2v) is 4.04. The monoisotopic (exact) mass is 304 g/mol. The number of ether oxygens (including phenoxy) is 1. The molecule has 0 aliphatic heterocycles. The third-order valence-corrected chi connectivity index (χ3v) is 2.66. The first-order chi connectivity index (χ1) is 8.04. The molecule has 1 aromatic heterocycles. The maximum atomic E-state index is 14.0. The summed E-state index contributed by atoms with van der Waals surface area (Å²) in [4.78, 5) is 0. The Labute approximate surface area is 104 Å². The summed E-state index contributed by atoms with van der Waals surface area (Å²) in [7, 11) is 1.28. The lowest BCUT2D eigenvalue weighted by molar-refractivity contribution is 0.381. The summed E-state index contributed by atoms with van der Waals surface area (Å²) < 4.78 is 37.6. The number of benzene rings is 1. The molecule has 2 rings (SSSR count). The molecule has 0 radical (unpaired) electrons. The fourth-order valence-electron chi connectivity index (χ4n) is 1.35. The molecule has 17 heavy (non-hydrogen) atoms. The quantitative estimate of drug-likeness (QED) is 0.855. The highest BCUT2D eigenvalue weighted by Crippen LogP contribution is 2.36. The number of rotatable bonds is 2. The third-order valence-electron chi connectivity index (χ3n) is 2.07. The van der Waals surface area contributed by atoms with Gasteiger partial charge in [-0.05, 0) is 22.0 Å². The van der Waals surface area contributed by atoms with Crippen molar-refractivity contribution in [3.05, 3.63) is 28.1 Å². The van der Waals surface area contributed by atoms with E-state index in [1.165, 1.54) is 14.0 Å². The van der Waals surface area contributed by atoms with E-state index in [1.807, 2.05) is 0 Å². The van der Waals surface area contributed by atoms with E-state index in [2.05, 4.69) is 26.1 Å². The van der Waals surface area contributed by atoms with Gasteiger partial charge in [-0.3, -0.25) is 0 Å². The molecule has 0 aliphatic carbocycles. The topological polar surface area (TPSA) is 48.2 Å². The molecule has 0 amide bonds. The largest absolute Gasteiger partial charge is 0.492 e. The molecule has 0 spiro atoms. The van der Waals surface area contributed by atoms with Crippen LogP contribution in [0.25, 0.3) is 11.5 Å². The molecule has 0 bridgehead atoms. The summed E-state index contributed by atoms with van der Waals surface area (Å²) >= 11 is 3.00. The van der Waals surface area contributed by atoms with Gasteiger partial charge in [0.15, 0.2) is 11.6 Å². The van der Waals surface area contributed by atoms with Crippen LogP contribution >= 0.6 is 15.9 Å². The molecule has 4 nitrogen and oxygen atoms in total. The molecule has 1 aromatic carbocycles. The van der Waals surface area contributed by atoms with Gasteiger partial charge in [0.1, 0.15) is 11.4 Å². The predicted octanol–water partition coefficient (Wildman–Crippen LogP) is 3.09. The van der Waals surface area contributed by atoms with Crippen molar-refractivity contribution in [3.63, 3.8) is 0 Å². The van der Waals surface area contributed by atoms with Gasteiger partial charge in [0, 0.05) is 6.92 Å². The van der Waals surface area contributed by atoms with E-state index >= 15 is 0 Å². The minimum atomic E-state index is -0.886. The Morgan fingerprint density at radius 3 is 2.59 bits per heavy atom. The highest BCUT2D eigenvalue weighted by molar-refractivity contribution is 9.10. The smallest absolute Gasteiger partial charge is 0.253 e. The van der Waals surface area contributed by atoms with E-state index in [9.17, 15) is 8.78 Å². The Kier molecular flexibility index (Phi) is 3.10. The highest BCUT2D eigenvalue weighted by atomic mass is 79.9. The van der Waals surface area contributed by atoms with Gasteiger partial charge in [0.05, 0.1) is 11.6 Å². The zero-order valence-corrected chi connectivity index (χ0v) is 10.5. The van der Waals surface area contributed by atoms with Crippen molar-refractivity contribution in [1.29, 1.82) is 0 Å². The second-order valence-electron chi connectivity index (χ2n) is 3.19. The van der Waals surface area contributed by atoms with Crippen LogP contribution in [0.5, 0.6) is 5.75 Å². The molecule has 0 unspecified atom stereocenters. The van der Waals surface area contributed by atoms with Crippen molar-refractivity contribution in [2.24, 2.45) is 0 Å². The van der Waals surface area contributed by atoms with E-state index in [0.29, 0.717) is 0 Å². The molecular formula is C10H7BrF2N2O2. The van der Waals surface area contributed by atoms with Crippen LogP contribution in [0.1, 0.15) is 5.89 Å². The first kappa shape index (κ1) is 12.0. The highest BCUT2D eigenvalue weighted by Gasteiger charge is 2.23. The van der Waals surface area contributed by atoms with Gasteiger partial charge in [-0.25, -0.2) is 8.78 Å². The summed E-state index contributed by atoms with van der Waals surface area (Å²) in [5, 5.41) is 7.10. The minimum Gasteiger partial charge on any atom is -0.492 e. The average molecular weight is 305 g/mol. The van der Waals surface area contributed by atoms with Crippen LogP contribution in [0.2, 0.25) is 0 Å². The second kappa shape index (κ2) is 4.40. The average Bonchev–Trinajstić information content (AvgIpc) is 2.64. The lowest BCUT2D eigenvalue weighted by Gasteiger charge is -2.08. The number of halogens is 3.